The number of ether oxygens (including phenoxy) is 1. The minimum atomic E-state index is -0.214. The van der Waals surface area contributed by atoms with Crippen LogP contribution in [0.2, 0.25) is 0 Å². The van der Waals surface area contributed by atoms with Crippen LogP contribution < -0.4 is 14.7 Å². The van der Waals surface area contributed by atoms with Crippen molar-refractivity contribution in [1.29, 1.82) is 0 Å². The van der Waals surface area contributed by atoms with Gasteiger partial charge in [-0.15, -0.1) is 0 Å². The van der Waals surface area contributed by atoms with Gasteiger partial charge in [0.2, 0.25) is 5.78 Å². The van der Waals surface area contributed by atoms with E-state index >= 15 is 0 Å². The van der Waals surface area contributed by atoms with Crippen molar-refractivity contribution in [3.63, 3.8) is 0 Å². The molecule has 5 rings (SSSR count). The minimum Gasteiger partial charge on any atom is -0.872 e. The first-order valence-corrected chi connectivity index (χ1v) is 10.2. The molecule has 0 spiro atoms. The molecule has 1 aromatic heterocycles. The summed E-state index contributed by atoms with van der Waals surface area (Å²) in [7, 11) is 0. The Morgan fingerprint density at radius 2 is 1.96 bits per heavy atom. The lowest BCUT2D eigenvalue weighted by molar-refractivity contribution is -0.901. The molecule has 0 amide bonds. The topological polar surface area (TPSA) is 66.9 Å². The maximum absolute atomic E-state index is 12.8. The van der Waals surface area contributed by atoms with E-state index in [1.54, 1.807) is 12.1 Å². The molecule has 0 atom stereocenters. The highest BCUT2D eigenvalue weighted by Gasteiger charge is 2.31. The van der Waals surface area contributed by atoms with Gasteiger partial charge in [0.05, 0.1) is 18.7 Å². The zero-order valence-corrected chi connectivity index (χ0v) is 16.7. The van der Waals surface area contributed by atoms with Crippen molar-refractivity contribution in [2.45, 2.75) is 19.4 Å². The van der Waals surface area contributed by atoms with E-state index in [1.165, 1.54) is 23.8 Å². The fraction of sp³-hybridized carbons (Fsp3) is 0.227. The summed E-state index contributed by atoms with van der Waals surface area (Å²) >= 11 is 3.44. The number of hydrogen-bond donors (Lipinski definition) is 1. The van der Waals surface area contributed by atoms with E-state index in [0.29, 0.717) is 29.2 Å². The van der Waals surface area contributed by atoms with Crippen LogP contribution in [0.4, 0.5) is 0 Å². The summed E-state index contributed by atoms with van der Waals surface area (Å²) in [6, 6.07) is 10.6. The molecule has 3 aromatic rings. The van der Waals surface area contributed by atoms with Crippen molar-refractivity contribution >= 4 is 38.8 Å². The van der Waals surface area contributed by atoms with Gasteiger partial charge in [0.15, 0.2) is 5.76 Å². The third-order valence-electron chi connectivity index (χ3n) is 5.41. The zero-order chi connectivity index (χ0) is 19.3. The Labute approximate surface area is 170 Å². The van der Waals surface area contributed by atoms with E-state index in [-0.39, 0.29) is 17.3 Å². The molecule has 2 aliphatic heterocycles. The van der Waals surface area contributed by atoms with Crippen LogP contribution in [0.1, 0.15) is 34.5 Å². The standard InChI is InChI=1S/C22H18BrNO4/c23-14-3-6-19-13(9-14)10-15(27-19)11-20-21(26)16-4-5-18(25)17(22(16)28-20)12-24-7-1-2-8-24/h3-6,9-11,25H,1-2,7-8,12H2/b20-11-. The van der Waals surface area contributed by atoms with E-state index in [4.69, 9.17) is 9.15 Å². The van der Waals surface area contributed by atoms with Crippen molar-refractivity contribution in [2.24, 2.45) is 0 Å². The van der Waals surface area contributed by atoms with Gasteiger partial charge in [-0.05, 0) is 30.3 Å². The lowest BCUT2D eigenvalue weighted by atomic mass is 10.0. The summed E-state index contributed by atoms with van der Waals surface area (Å²) in [5.74, 6) is 0.867. The maximum atomic E-state index is 12.8. The van der Waals surface area contributed by atoms with E-state index < -0.39 is 0 Å². The molecular formula is C22H18BrNO4. The van der Waals surface area contributed by atoms with Crippen molar-refractivity contribution in [3.8, 4) is 11.5 Å². The minimum absolute atomic E-state index is 0.0687. The van der Waals surface area contributed by atoms with E-state index in [1.807, 2.05) is 24.3 Å². The first-order valence-electron chi connectivity index (χ1n) is 9.38. The van der Waals surface area contributed by atoms with E-state index in [9.17, 15) is 9.90 Å². The molecule has 2 aliphatic rings. The number of furan rings is 1. The number of likely N-dealkylation sites (tertiary alicyclic amines) is 1. The largest absolute Gasteiger partial charge is 0.872 e. The zero-order valence-electron chi connectivity index (χ0n) is 15.1. The molecule has 0 saturated carbocycles. The summed E-state index contributed by atoms with van der Waals surface area (Å²) in [6.45, 7) is 2.70. The van der Waals surface area contributed by atoms with Gasteiger partial charge in [-0.1, -0.05) is 27.7 Å². The molecule has 0 aliphatic carbocycles. The van der Waals surface area contributed by atoms with Crippen LogP contribution in [0.5, 0.6) is 11.5 Å². The number of carbonyl (C=O) groups is 1. The Balaban J connectivity index is 1.50. The number of quaternary nitrogens is 1. The molecule has 2 aromatic carbocycles. The first kappa shape index (κ1) is 17.5. The van der Waals surface area contributed by atoms with Gasteiger partial charge in [-0.3, -0.25) is 4.79 Å². The molecular weight excluding hydrogens is 422 g/mol. The van der Waals surface area contributed by atoms with Gasteiger partial charge in [0, 0.05) is 34.3 Å². The van der Waals surface area contributed by atoms with Crippen LogP contribution in [0.3, 0.4) is 0 Å². The number of halogens is 1. The molecule has 3 heterocycles. The normalized spacial score (nSPS) is 18.2. The van der Waals surface area contributed by atoms with E-state index in [0.717, 1.165) is 28.5 Å². The summed E-state index contributed by atoms with van der Waals surface area (Å²) in [6.07, 6.45) is 3.95. The lowest BCUT2D eigenvalue weighted by Gasteiger charge is -2.19. The SMILES string of the molecule is O=C1/C(=C/c2cc3cc(Br)ccc3o2)Oc2c1ccc([O-])c2C[NH+]1CCCC1. The smallest absolute Gasteiger partial charge is 0.232 e. The Kier molecular flexibility index (Phi) is 4.25. The first-order chi connectivity index (χ1) is 13.6. The van der Waals surface area contributed by atoms with Crippen molar-refractivity contribution < 1.29 is 24.0 Å². The van der Waals surface area contributed by atoms with Gasteiger partial charge in [0.1, 0.15) is 23.6 Å². The van der Waals surface area contributed by atoms with Crippen molar-refractivity contribution in [2.75, 3.05) is 13.1 Å². The second-order valence-electron chi connectivity index (χ2n) is 7.32. The number of Topliss-reactive ketones (excluding diaryl/α,β-unsaturated/α-hetero) is 1. The van der Waals surface area contributed by atoms with Crippen molar-refractivity contribution in [3.05, 3.63) is 63.5 Å². The van der Waals surface area contributed by atoms with Crippen molar-refractivity contribution in [1.82, 2.24) is 0 Å². The van der Waals surface area contributed by atoms with Gasteiger partial charge in [-0.25, -0.2) is 0 Å². The second-order valence-corrected chi connectivity index (χ2v) is 8.24. The number of fused-ring (bicyclic) bond motifs is 2. The third kappa shape index (κ3) is 3.02. The summed E-state index contributed by atoms with van der Waals surface area (Å²) in [5.41, 5.74) is 1.79. The quantitative estimate of drug-likeness (QED) is 0.636. The average molecular weight is 440 g/mol. The average Bonchev–Trinajstić information content (AvgIpc) is 3.38. The molecule has 142 valence electrons. The summed E-state index contributed by atoms with van der Waals surface area (Å²) < 4.78 is 12.6. The van der Waals surface area contributed by atoms with Gasteiger partial charge in [0.25, 0.3) is 0 Å². The molecule has 0 bridgehead atoms. The fourth-order valence-corrected chi connectivity index (χ4v) is 4.37. The van der Waals surface area contributed by atoms with Crippen LogP contribution in [-0.2, 0) is 6.54 Å². The highest BCUT2D eigenvalue weighted by Crippen LogP contribution is 2.38. The van der Waals surface area contributed by atoms with Gasteiger partial charge >= 0.3 is 0 Å². The van der Waals surface area contributed by atoms with Crippen LogP contribution in [0.15, 0.2) is 51.0 Å². The highest BCUT2D eigenvalue weighted by atomic mass is 79.9. The van der Waals surface area contributed by atoms with Crippen LogP contribution in [0, 0.1) is 0 Å². The molecule has 1 N–H and O–H groups in total. The number of carbonyl (C=O) groups excluding carboxylic acids is 1. The van der Waals surface area contributed by atoms with E-state index in [2.05, 4.69) is 15.9 Å². The molecule has 5 nitrogen and oxygen atoms in total. The van der Waals surface area contributed by atoms with Gasteiger partial charge in [-0.2, -0.15) is 0 Å². The predicted octanol–water partition coefficient (Wildman–Crippen LogP) is 3.06. The molecule has 6 heteroatoms. The summed E-state index contributed by atoms with van der Waals surface area (Å²) in [5, 5.41) is 13.4. The number of nitrogens with one attached hydrogen (secondary N) is 1. The Hall–Kier alpha value is -2.57. The Bertz CT molecular complexity index is 1130. The number of rotatable bonds is 3. The van der Waals surface area contributed by atoms with Crippen LogP contribution in [0.25, 0.3) is 17.0 Å². The van der Waals surface area contributed by atoms with Crippen LogP contribution in [-0.4, -0.2) is 18.9 Å². The monoisotopic (exact) mass is 439 g/mol. The predicted molar refractivity (Wildman–Crippen MR) is 106 cm³/mol. The molecule has 0 unspecified atom stereocenters. The fourth-order valence-electron chi connectivity index (χ4n) is 3.99. The highest BCUT2D eigenvalue weighted by molar-refractivity contribution is 9.10. The molecule has 28 heavy (non-hydrogen) atoms. The van der Waals surface area contributed by atoms with Crippen LogP contribution >= 0.6 is 15.9 Å². The number of allylic oxidation sites excluding steroid dienone is 1. The summed E-state index contributed by atoms with van der Waals surface area (Å²) in [4.78, 5) is 14.2. The number of hydrogen-bond acceptors (Lipinski definition) is 4. The molecule has 1 fully saturated rings. The number of ketones is 1. The molecule has 1 saturated heterocycles. The Morgan fingerprint density at radius 1 is 1.14 bits per heavy atom. The number of benzene rings is 2. The van der Waals surface area contributed by atoms with Gasteiger partial charge < -0.3 is 19.2 Å². The Morgan fingerprint density at radius 3 is 2.79 bits per heavy atom. The third-order valence-corrected chi connectivity index (χ3v) is 5.90. The lowest BCUT2D eigenvalue weighted by Crippen LogP contribution is -3.08. The molecule has 0 radical (unpaired) electrons. The maximum Gasteiger partial charge on any atom is 0.232 e. The second kappa shape index (κ2) is 6.79.